The maximum absolute atomic E-state index is 14.8. The van der Waals surface area contributed by atoms with E-state index < -0.39 is 42.2 Å². The molecule has 9 nitrogen and oxygen atoms in total. The lowest BCUT2D eigenvalue weighted by molar-refractivity contribution is -0.0564. The van der Waals surface area contributed by atoms with E-state index in [0.717, 1.165) is 19.4 Å². The number of hydrogen-bond acceptors (Lipinski definition) is 9. The van der Waals surface area contributed by atoms with Crippen molar-refractivity contribution in [2.75, 3.05) is 50.9 Å². The number of terminal acetylenes is 1. The summed E-state index contributed by atoms with van der Waals surface area (Å²) >= 11 is 0. The van der Waals surface area contributed by atoms with Gasteiger partial charge >= 0.3 is 11.6 Å². The van der Waals surface area contributed by atoms with E-state index in [9.17, 15) is 27.5 Å². The van der Waals surface area contributed by atoms with Gasteiger partial charge in [-0.2, -0.15) is 9.97 Å². The van der Waals surface area contributed by atoms with Gasteiger partial charge in [0.1, 0.15) is 42.1 Å². The van der Waals surface area contributed by atoms with Crippen LogP contribution in [-0.4, -0.2) is 83.6 Å². The van der Waals surface area contributed by atoms with Gasteiger partial charge in [0.05, 0.1) is 29.8 Å². The van der Waals surface area contributed by atoms with Crippen LogP contribution < -0.4 is 15.3 Å². The van der Waals surface area contributed by atoms with E-state index >= 15 is 0 Å². The zero-order valence-electron chi connectivity index (χ0n) is 24.9. The van der Waals surface area contributed by atoms with Crippen LogP contribution in [0.1, 0.15) is 30.4 Å². The molecule has 0 aliphatic carbocycles. The second-order valence-corrected chi connectivity index (χ2v) is 12.2. The summed E-state index contributed by atoms with van der Waals surface area (Å²) in [5.74, 6) is -1.97. The average molecular weight is 639 g/mol. The fourth-order valence-electron chi connectivity index (χ4n) is 7.14. The van der Waals surface area contributed by atoms with Crippen molar-refractivity contribution in [3.05, 3.63) is 51.6 Å². The van der Waals surface area contributed by atoms with Gasteiger partial charge in [0.2, 0.25) is 0 Å². The molecule has 3 aliphatic heterocycles. The zero-order valence-corrected chi connectivity index (χ0v) is 24.9. The Balaban J connectivity index is 1.43. The highest BCUT2D eigenvalue weighted by Crippen LogP contribution is 2.42. The second kappa shape index (κ2) is 11.1. The van der Waals surface area contributed by atoms with Crippen molar-refractivity contribution in [2.45, 2.75) is 43.8 Å². The fraction of sp³-hybridized carbons (Fsp3) is 0.424. The number of phenolic OH excluding ortho intramolecular Hbond substituents is 1. The van der Waals surface area contributed by atoms with Gasteiger partial charge in [-0.25, -0.2) is 22.4 Å². The van der Waals surface area contributed by atoms with Crippen LogP contribution in [0.4, 0.5) is 23.4 Å². The van der Waals surface area contributed by atoms with Gasteiger partial charge in [0.15, 0.2) is 5.82 Å². The maximum Gasteiger partial charge on any atom is 0.349 e. The number of nitrogens with zero attached hydrogens (tertiary/aromatic N) is 4. The summed E-state index contributed by atoms with van der Waals surface area (Å²) in [5, 5.41) is 11.0. The number of aryl methyl sites for hydroxylation is 1. The summed E-state index contributed by atoms with van der Waals surface area (Å²) in [6, 6.07) is 5.13. The molecule has 3 saturated heterocycles. The molecule has 3 fully saturated rings. The molecule has 5 heterocycles. The molecule has 13 heteroatoms. The van der Waals surface area contributed by atoms with Crippen LogP contribution in [-0.2, 0) is 4.74 Å². The molecule has 7 rings (SSSR count). The summed E-state index contributed by atoms with van der Waals surface area (Å²) in [6.07, 6.45) is 6.54. The molecule has 0 saturated carbocycles. The Morgan fingerprint density at radius 2 is 2.04 bits per heavy atom. The molecule has 2 atom stereocenters. The first-order chi connectivity index (χ1) is 22.0. The van der Waals surface area contributed by atoms with Crippen LogP contribution in [0.25, 0.3) is 33.0 Å². The highest BCUT2D eigenvalue weighted by Gasteiger charge is 2.49. The molecule has 0 bridgehead atoms. The lowest BCUT2D eigenvalue weighted by Crippen LogP contribution is -2.43. The minimum atomic E-state index is -3.25. The van der Waals surface area contributed by atoms with Gasteiger partial charge in [0.25, 0.3) is 5.92 Å². The van der Waals surface area contributed by atoms with Gasteiger partial charge in [-0.1, -0.05) is 12.0 Å². The van der Waals surface area contributed by atoms with Gasteiger partial charge in [-0.15, -0.1) is 6.42 Å². The Hall–Kier alpha value is -4.41. The number of ether oxygens (including phenoxy) is 2. The van der Waals surface area contributed by atoms with Crippen molar-refractivity contribution in [1.29, 1.82) is 0 Å². The van der Waals surface area contributed by atoms with E-state index in [1.807, 2.05) is 0 Å². The predicted molar refractivity (Wildman–Crippen MR) is 162 cm³/mol. The molecule has 0 spiro atoms. The zero-order chi connectivity index (χ0) is 32.4. The molecule has 46 heavy (non-hydrogen) atoms. The van der Waals surface area contributed by atoms with E-state index in [1.165, 1.54) is 29.2 Å². The quantitative estimate of drug-likeness (QED) is 0.240. The van der Waals surface area contributed by atoms with Crippen molar-refractivity contribution in [3.63, 3.8) is 0 Å². The average Bonchev–Trinajstić information content (AvgIpc) is 3.47. The molecule has 4 aromatic rings. The van der Waals surface area contributed by atoms with Crippen LogP contribution in [0, 0.1) is 25.1 Å². The highest BCUT2D eigenvalue weighted by atomic mass is 19.3. The Kier molecular flexibility index (Phi) is 7.32. The number of aromatic nitrogens is 2. The Labute approximate surface area is 260 Å². The minimum Gasteiger partial charge on any atom is -0.508 e. The first kappa shape index (κ1) is 30.3. The third kappa shape index (κ3) is 5.09. The molecule has 0 amide bonds. The van der Waals surface area contributed by atoms with Gasteiger partial charge in [-0.05, 0) is 49.9 Å². The van der Waals surface area contributed by atoms with Crippen molar-refractivity contribution < 1.29 is 36.6 Å². The largest absolute Gasteiger partial charge is 0.508 e. The number of hydrogen-bond donors (Lipinski definition) is 1. The van der Waals surface area contributed by atoms with Gasteiger partial charge in [-0.3, -0.25) is 4.90 Å². The smallest absolute Gasteiger partial charge is 0.349 e. The van der Waals surface area contributed by atoms with E-state index in [-0.39, 0.29) is 82.5 Å². The summed E-state index contributed by atoms with van der Waals surface area (Å²) < 4.78 is 75.8. The van der Waals surface area contributed by atoms with E-state index in [4.69, 9.17) is 20.3 Å². The predicted octanol–water partition coefficient (Wildman–Crippen LogP) is 4.96. The van der Waals surface area contributed by atoms with Crippen LogP contribution in [0.2, 0.25) is 0 Å². The Morgan fingerprint density at radius 1 is 1.22 bits per heavy atom. The van der Waals surface area contributed by atoms with Crippen molar-refractivity contribution in [2.24, 2.45) is 0 Å². The molecule has 3 aliphatic rings. The number of benzene rings is 2. The van der Waals surface area contributed by atoms with Gasteiger partial charge in [0, 0.05) is 36.0 Å². The fourth-order valence-corrected chi connectivity index (χ4v) is 7.14. The number of rotatable bonds is 5. The summed E-state index contributed by atoms with van der Waals surface area (Å²) in [6.45, 7) is 1.05. The van der Waals surface area contributed by atoms with Gasteiger partial charge < -0.3 is 23.9 Å². The lowest BCUT2D eigenvalue weighted by Gasteiger charge is -2.31. The lowest BCUT2D eigenvalue weighted by atomic mass is 9.95. The number of fused-ring (bicyclic) bond motifs is 3. The van der Waals surface area contributed by atoms with Crippen molar-refractivity contribution >= 4 is 27.5 Å². The molecule has 0 radical (unpaired) electrons. The monoisotopic (exact) mass is 638 g/mol. The first-order valence-corrected chi connectivity index (χ1v) is 15.0. The van der Waals surface area contributed by atoms with E-state index in [1.54, 1.807) is 6.92 Å². The number of halogens is 4. The van der Waals surface area contributed by atoms with Crippen LogP contribution in [0.15, 0.2) is 33.5 Å². The van der Waals surface area contributed by atoms with Crippen LogP contribution in [0.5, 0.6) is 11.8 Å². The summed E-state index contributed by atoms with van der Waals surface area (Å²) in [7, 11) is 0. The normalized spacial score (nSPS) is 23.0. The molecular formula is C33H30F4N4O5. The van der Waals surface area contributed by atoms with Crippen molar-refractivity contribution in [3.8, 4) is 35.4 Å². The highest BCUT2D eigenvalue weighted by molar-refractivity contribution is 6.03. The van der Waals surface area contributed by atoms with Crippen LogP contribution >= 0.6 is 0 Å². The molecule has 1 N–H and O–H groups in total. The molecule has 240 valence electrons. The number of phenols is 1. The second-order valence-electron chi connectivity index (χ2n) is 12.2. The number of anilines is 1. The first-order valence-electron chi connectivity index (χ1n) is 15.0. The summed E-state index contributed by atoms with van der Waals surface area (Å²) in [5.41, 5.74) is -1.14. The maximum atomic E-state index is 14.8. The van der Waals surface area contributed by atoms with Crippen LogP contribution in [0.3, 0.4) is 0 Å². The van der Waals surface area contributed by atoms with E-state index in [2.05, 4.69) is 20.8 Å². The molecule has 0 unspecified atom stereocenters. The standard InChI is InChI=1S/C33H30F4N4O5/c1-3-22-24(35)6-5-19-11-21(42)12-23(25(19)22)28-18(2)27-26(30(43)46-28)29(40-9-10-44-17-33(36,37)15-40)39-31(38-27)45-16-32-7-4-8-41(32)14-20(34)13-32/h1,5-6,11-12,20,42H,4,7-10,13-17H2,2H3/t20-,32+/m1/s1. The molecule has 2 aromatic carbocycles. The molecular weight excluding hydrogens is 608 g/mol. The third-order valence-electron chi connectivity index (χ3n) is 9.18. The number of aromatic hydroxyl groups is 1. The minimum absolute atomic E-state index is 0.00930. The third-order valence-corrected chi connectivity index (χ3v) is 9.18. The Bertz CT molecular complexity index is 1980. The Morgan fingerprint density at radius 3 is 2.85 bits per heavy atom. The summed E-state index contributed by atoms with van der Waals surface area (Å²) in [4.78, 5) is 26.1. The molecule has 2 aromatic heterocycles. The van der Waals surface area contributed by atoms with E-state index in [0.29, 0.717) is 11.9 Å². The SMILES string of the molecule is C#Cc1c(F)ccc2cc(O)cc(-c3oc(=O)c4c(N5CCOCC(F)(F)C5)nc(OC[C@@]56CCCN5C[C@H](F)C6)nc4c3C)c12. The number of alkyl halides is 3. The van der Waals surface area contributed by atoms with Crippen molar-refractivity contribution in [1.82, 2.24) is 14.9 Å². The topological polar surface area (TPSA) is 101 Å².